The van der Waals surface area contributed by atoms with Crippen LogP contribution >= 0.6 is 11.8 Å². The van der Waals surface area contributed by atoms with Crippen LogP contribution in [0.25, 0.3) is 0 Å². The number of hydrazine groups is 1. The standard InChI is InChI=1S/C20H24N2O4S/c1-4-25-17-7-5-6-8-18(17)26-13-19(23)21-22-20(24)15(3)27-16-11-9-14(2)10-12-16/h5-12,15H,4,13H2,1-3H3,(H,21,23)(H,22,24). The highest BCUT2D eigenvalue weighted by Gasteiger charge is 2.15. The summed E-state index contributed by atoms with van der Waals surface area (Å²) in [6, 6.07) is 15.0. The fourth-order valence-corrected chi connectivity index (χ4v) is 3.00. The summed E-state index contributed by atoms with van der Waals surface area (Å²) in [7, 11) is 0. The molecule has 1 atom stereocenters. The Hall–Kier alpha value is -2.67. The lowest BCUT2D eigenvalue weighted by molar-refractivity contribution is -0.129. The van der Waals surface area contributed by atoms with Gasteiger partial charge in [-0.2, -0.15) is 0 Å². The van der Waals surface area contributed by atoms with Crippen molar-refractivity contribution < 1.29 is 19.1 Å². The number of amides is 2. The fourth-order valence-electron chi connectivity index (χ4n) is 2.13. The van der Waals surface area contributed by atoms with Gasteiger partial charge in [-0.1, -0.05) is 29.8 Å². The van der Waals surface area contributed by atoms with Crippen molar-refractivity contribution in [2.24, 2.45) is 0 Å². The van der Waals surface area contributed by atoms with E-state index in [1.807, 2.05) is 44.2 Å². The van der Waals surface area contributed by atoms with Gasteiger partial charge in [0.2, 0.25) is 0 Å². The number of aryl methyl sites for hydroxylation is 1. The SMILES string of the molecule is CCOc1ccccc1OCC(=O)NNC(=O)C(C)Sc1ccc(C)cc1. The van der Waals surface area contributed by atoms with E-state index in [1.54, 1.807) is 25.1 Å². The van der Waals surface area contributed by atoms with Crippen LogP contribution in [0.4, 0.5) is 0 Å². The van der Waals surface area contributed by atoms with E-state index < -0.39 is 5.91 Å². The van der Waals surface area contributed by atoms with E-state index in [2.05, 4.69) is 10.9 Å². The maximum absolute atomic E-state index is 12.1. The molecule has 7 heteroatoms. The first-order valence-electron chi connectivity index (χ1n) is 8.66. The minimum Gasteiger partial charge on any atom is -0.490 e. The van der Waals surface area contributed by atoms with Gasteiger partial charge in [0.15, 0.2) is 18.1 Å². The van der Waals surface area contributed by atoms with E-state index in [0.29, 0.717) is 18.1 Å². The first-order chi connectivity index (χ1) is 13.0. The maximum Gasteiger partial charge on any atom is 0.276 e. The number of carbonyl (C=O) groups is 2. The Kier molecular flexibility index (Phi) is 8.00. The van der Waals surface area contributed by atoms with Crippen LogP contribution in [-0.4, -0.2) is 30.3 Å². The molecule has 0 aromatic heterocycles. The van der Waals surface area contributed by atoms with Crippen LogP contribution in [0.1, 0.15) is 19.4 Å². The highest BCUT2D eigenvalue weighted by Crippen LogP contribution is 2.26. The Labute approximate surface area is 163 Å². The molecule has 0 fully saturated rings. The summed E-state index contributed by atoms with van der Waals surface area (Å²) < 4.78 is 10.9. The number of benzene rings is 2. The average molecular weight is 388 g/mol. The molecule has 27 heavy (non-hydrogen) atoms. The lowest BCUT2D eigenvalue weighted by Gasteiger charge is -2.14. The smallest absolute Gasteiger partial charge is 0.276 e. The normalized spacial score (nSPS) is 11.4. The molecule has 1 unspecified atom stereocenters. The summed E-state index contributed by atoms with van der Waals surface area (Å²) in [5.41, 5.74) is 5.94. The molecule has 0 spiro atoms. The number of carbonyl (C=O) groups excluding carboxylic acids is 2. The zero-order valence-corrected chi connectivity index (χ0v) is 16.5. The minimum atomic E-state index is -0.456. The van der Waals surface area contributed by atoms with Crippen LogP contribution in [0.5, 0.6) is 11.5 Å². The van der Waals surface area contributed by atoms with Gasteiger partial charge in [-0.3, -0.25) is 20.4 Å². The first-order valence-corrected chi connectivity index (χ1v) is 9.54. The van der Waals surface area contributed by atoms with Gasteiger partial charge in [0, 0.05) is 4.90 Å². The molecule has 0 saturated carbocycles. The molecule has 0 radical (unpaired) electrons. The lowest BCUT2D eigenvalue weighted by atomic mass is 10.2. The Morgan fingerprint density at radius 3 is 2.26 bits per heavy atom. The van der Waals surface area contributed by atoms with Crippen molar-refractivity contribution in [3.63, 3.8) is 0 Å². The predicted molar refractivity (Wildman–Crippen MR) is 106 cm³/mol. The summed E-state index contributed by atoms with van der Waals surface area (Å²) in [4.78, 5) is 25.0. The first kappa shape index (κ1) is 20.6. The lowest BCUT2D eigenvalue weighted by Crippen LogP contribution is -2.46. The minimum absolute atomic E-state index is 0.232. The van der Waals surface area contributed by atoms with E-state index in [1.165, 1.54) is 11.8 Å². The van der Waals surface area contributed by atoms with E-state index in [4.69, 9.17) is 9.47 Å². The third kappa shape index (κ3) is 6.86. The highest BCUT2D eigenvalue weighted by molar-refractivity contribution is 8.00. The molecular formula is C20H24N2O4S. The van der Waals surface area contributed by atoms with E-state index >= 15 is 0 Å². The molecule has 2 aromatic rings. The summed E-state index contributed by atoms with van der Waals surface area (Å²) in [5, 5.41) is -0.354. The predicted octanol–water partition coefficient (Wildman–Crippen LogP) is 3.10. The molecule has 2 amide bonds. The highest BCUT2D eigenvalue weighted by atomic mass is 32.2. The van der Waals surface area contributed by atoms with Crippen LogP contribution in [-0.2, 0) is 9.59 Å². The van der Waals surface area contributed by atoms with E-state index in [0.717, 1.165) is 10.5 Å². The molecule has 144 valence electrons. The van der Waals surface area contributed by atoms with Gasteiger partial charge in [0.25, 0.3) is 11.8 Å². The zero-order chi connectivity index (χ0) is 19.6. The van der Waals surface area contributed by atoms with Crippen LogP contribution in [0.3, 0.4) is 0 Å². The third-order valence-corrected chi connectivity index (χ3v) is 4.65. The quantitative estimate of drug-likeness (QED) is 0.537. The number of thioether (sulfide) groups is 1. The van der Waals surface area contributed by atoms with Crippen LogP contribution in [0.15, 0.2) is 53.4 Å². The van der Waals surface area contributed by atoms with Crippen molar-refractivity contribution in [3.8, 4) is 11.5 Å². The monoisotopic (exact) mass is 388 g/mol. The Morgan fingerprint density at radius 2 is 1.63 bits per heavy atom. The Bertz CT molecular complexity index is 765. The van der Waals surface area contributed by atoms with Gasteiger partial charge in [-0.15, -0.1) is 11.8 Å². The fraction of sp³-hybridized carbons (Fsp3) is 0.300. The summed E-state index contributed by atoms with van der Waals surface area (Å²) in [6.07, 6.45) is 0. The Morgan fingerprint density at radius 1 is 1.00 bits per heavy atom. The molecule has 2 rings (SSSR count). The average Bonchev–Trinajstić information content (AvgIpc) is 2.67. The summed E-state index contributed by atoms with van der Waals surface area (Å²) >= 11 is 1.42. The van der Waals surface area contributed by atoms with Gasteiger partial charge in [0.05, 0.1) is 11.9 Å². The molecule has 0 heterocycles. The van der Waals surface area contributed by atoms with Crippen LogP contribution < -0.4 is 20.3 Å². The second-order valence-corrected chi connectivity index (χ2v) is 7.19. The zero-order valence-electron chi connectivity index (χ0n) is 15.7. The van der Waals surface area contributed by atoms with Crippen molar-refractivity contribution >= 4 is 23.6 Å². The number of hydrogen-bond donors (Lipinski definition) is 2. The number of para-hydroxylation sites is 2. The van der Waals surface area contributed by atoms with Crippen molar-refractivity contribution in [2.75, 3.05) is 13.2 Å². The van der Waals surface area contributed by atoms with Gasteiger partial charge >= 0.3 is 0 Å². The molecule has 0 aliphatic rings. The second-order valence-electron chi connectivity index (χ2n) is 5.78. The van der Waals surface area contributed by atoms with E-state index in [9.17, 15) is 9.59 Å². The van der Waals surface area contributed by atoms with Gasteiger partial charge < -0.3 is 9.47 Å². The maximum atomic E-state index is 12.1. The van der Waals surface area contributed by atoms with Crippen LogP contribution in [0.2, 0.25) is 0 Å². The largest absolute Gasteiger partial charge is 0.490 e. The number of rotatable bonds is 8. The molecule has 2 N–H and O–H groups in total. The van der Waals surface area contributed by atoms with Gasteiger partial charge in [-0.05, 0) is 45.0 Å². The number of hydrogen-bond acceptors (Lipinski definition) is 5. The molecule has 6 nitrogen and oxygen atoms in total. The molecule has 0 bridgehead atoms. The summed E-state index contributed by atoms with van der Waals surface area (Å²) in [5.74, 6) is 0.301. The van der Waals surface area contributed by atoms with Gasteiger partial charge in [0.1, 0.15) is 0 Å². The molecular weight excluding hydrogens is 364 g/mol. The Balaban J connectivity index is 1.76. The molecule has 0 aliphatic heterocycles. The van der Waals surface area contributed by atoms with Gasteiger partial charge in [-0.25, -0.2) is 0 Å². The number of nitrogens with one attached hydrogen (secondary N) is 2. The van der Waals surface area contributed by atoms with Crippen molar-refractivity contribution in [1.29, 1.82) is 0 Å². The number of ether oxygens (including phenoxy) is 2. The van der Waals surface area contributed by atoms with Crippen LogP contribution in [0, 0.1) is 6.92 Å². The van der Waals surface area contributed by atoms with Crippen molar-refractivity contribution in [3.05, 3.63) is 54.1 Å². The van der Waals surface area contributed by atoms with E-state index in [-0.39, 0.29) is 17.8 Å². The topological polar surface area (TPSA) is 76.7 Å². The van der Waals surface area contributed by atoms with Crippen molar-refractivity contribution in [2.45, 2.75) is 30.9 Å². The second kappa shape index (κ2) is 10.5. The molecule has 0 aliphatic carbocycles. The molecule has 0 saturated heterocycles. The molecule has 2 aromatic carbocycles. The third-order valence-electron chi connectivity index (χ3n) is 3.54. The summed E-state index contributed by atoms with van der Waals surface area (Å²) in [6.45, 7) is 5.92. The van der Waals surface area contributed by atoms with Crippen molar-refractivity contribution in [1.82, 2.24) is 10.9 Å².